The van der Waals surface area contributed by atoms with Crippen molar-refractivity contribution in [1.29, 1.82) is 0 Å². The van der Waals surface area contributed by atoms with E-state index in [9.17, 15) is 18.0 Å². The lowest BCUT2D eigenvalue weighted by Gasteiger charge is -2.31. The minimum Gasteiger partial charge on any atom is -0.370 e. The summed E-state index contributed by atoms with van der Waals surface area (Å²) in [6.45, 7) is 2.82. The number of fused-ring (bicyclic) bond motifs is 1. The van der Waals surface area contributed by atoms with Crippen molar-refractivity contribution < 1.29 is 18.0 Å². The second kappa shape index (κ2) is 9.89. The molecule has 0 spiro atoms. The normalized spacial score (nSPS) is 16.2. The molecule has 1 saturated heterocycles. The molecule has 0 atom stereocenters. The number of piperidine rings is 1. The number of benzene rings is 1. The summed E-state index contributed by atoms with van der Waals surface area (Å²) in [6.07, 6.45) is -0.682. The Morgan fingerprint density at radius 1 is 1.13 bits per heavy atom. The molecule has 1 aromatic heterocycles. The molecule has 1 fully saturated rings. The minimum absolute atomic E-state index is 0. The van der Waals surface area contributed by atoms with E-state index in [4.69, 9.17) is 0 Å². The van der Waals surface area contributed by atoms with Gasteiger partial charge in [-0.15, -0.1) is 24.8 Å². The fraction of sp³-hybridized carbons (Fsp3) is 0.474. The van der Waals surface area contributed by atoms with Gasteiger partial charge in [-0.25, -0.2) is 0 Å². The second-order valence-corrected chi connectivity index (χ2v) is 7.19. The first-order valence-corrected chi connectivity index (χ1v) is 9.48. The number of halogens is 5. The molecule has 0 aliphatic carbocycles. The van der Waals surface area contributed by atoms with Crippen LogP contribution in [0.3, 0.4) is 0 Å². The highest BCUT2D eigenvalue weighted by atomic mass is 35.5. The number of hydrogen-bond acceptors (Lipinski definition) is 4. The van der Waals surface area contributed by atoms with Gasteiger partial charge in [0.25, 0.3) is 5.91 Å². The summed E-state index contributed by atoms with van der Waals surface area (Å²) in [6, 6.07) is 3.53. The number of nitrogens with one attached hydrogen (secondary N) is 3. The third kappa shape index (κ3) is 5.01. The fourth-order valence-electron chi connectivity index (χ4n) is 3.82. The Hall–Kier alpha value is -1.97. The number of aromatic amines is 1. The number of nitrogens with zero attached hydrogens (tertiary/aromatic N) is 2. The number of hydrogen-bond donors (Lipinski definition) is 3. The van der Waals surface area contributed by atoms with Gasteiger partial charge in [0.05, 0.1) is 16.9 Å². The average molecular weight is 466 g/mol. The van der Waals surface area contributed by atoms with Gasteiger partial charge in [0, 0.05) is 43.9 Å². The Kier molecular flexibility index (Phi) is 8.01. The molecule has 30 heavy (non-hydrogen) atoms. The van der Waals surface area contributed by atoms with E-state index in [0.29, 0.717) is 12.2 Å². The van der Waals surface area contributed by atoms with Crippen molar-refractivity contribution in [3.63, 3.8) is 0 Å². The maximum absolute atomic E-state index is 13.2. The van der Waals surface area contributed by atoms with Gasteiger partial charge in [-0.05, 0) is 37.5 Å². The van der Waals surface area contributed by atoms with Crippen LogP contribution in [-0.4, -0.2) is 35.7 Å². The summed E-state index contributed by atoms with van der Waals surface area (Å²) >= 11 is 0. The average Bonchev–Trinajstić information content (AvgIpc) is 3.12. The van der Waals surface area contributed by atoms with Crippen LogP contribution in [0.25, 0.3) is 0 Å². The molecule has 3 heterocycles. The van der Waals surface area contributed by atoms with Crippen LogP contribution >= 0.6 is 24.8 Å². The highest BCUT2D eigenvalue weighted by Gasteiger charge is 2.32. The Balaban J connectivity index is 0.00000160. The van der Waals surface area contributed by atoms with Crippen LogP contribution in [0.2, 0.25) is 0 Å². The van der Waals surface area contributed by atoms with E-state index in [1.54, 1.807) is 0 Å². The number of carbonyl (C=O) groups excluding carboxylic acids is 1. The number of carbonyl (C=O) groups is 1. The molecular weight excluding hydrogens is 442 g/mol. The van der Waals surface area contributed by atoms with Crippen molar-refractivity contribution >= 4 is 42.1 Å². The van der Waals surface area contributed by atoms with Crippen molar-refractivity contribution in [3.8, 4) is 0 Å². The monoisotopic (exact) mass is 465 g/mol. The third-order valence-corrected chi connectivity index (χ3v) is 5.29. The van der Waals surface area contributed by atoms with E-state index in [1.807, 2.05) is 4.90 Å². The molecule has 2 aliphatic rings. The van der Waals surface area contributed by atoms with Crippen molar-refractivity contribution in [3.05, 3.63) is 40.7 Å². The van der Waals surface area contributed by atoms with E-state index >= 15 is 0 Å². The summed E-state index contributed by atoms with van der Waals surface area (Å²) in [4.78, 5) is 14.9. The zero-order valence-corrected chi connectivity index (χ0v) is 17.8. The number of aromatic nitrogens is 2. The largest absolute Gasteiger partial charge is 0.416 e. The lowest BCUT2D eigenvalue weighted by atomic mass is 10.1. The van der Waals surface area contributed by atoms with Gasteiger partial charge in [-0.1, -0.05) is 0 Å². The summed E-state index contributed by atoms with van der Waals surface area (Å²) in [5, 5.41) is 12.8. The van der Waals surface area contributed by atoms with Gasteiger partial charge in [0.15, 0.2) is 5.69 Å². The highest BCUT2D eigenvalue weighted by Crippen LogP contribution is 2.36. The summed E-state index contributed by atoms with van der Waals surface area (Å²) in [5.74, 6) is -0.501. The van der Waals surface area contributed by atoms with Crippen LogP contribution in [0.15, 0.2) is 18.2 Å². The molecule has 1 aromatic carbocycles. The Labute approximate surface area is 184 Å². The van der Waals surface area contributed by atoms with Crippen LogP contribution in [-0.2, 0) is 19.1 Å². The highest BCUT2D eigenvalue weighted by molar-refractivity contribution is 6.05. The number of H-pyrrole nitrogens is 1. The summed E-state index contributed by atoms with van der Waals surface area (Å²) < 4.78 is 39.7. The number of anilines is 2. The van der Waals surface area contributed by atoms with Gasteiger partial charge >= 0.3 is 6.18 Å². The predicted octanol–water partition coefficient (Wildman–Crippen LogP) is 4.16. The molecule has 4 rings (SSSR count). The topological polar surface area (TPSA) is 73.0 Å². The molecule has 0 saturated carbocycles. The maximum atomic E-state index is 13.2. The van der Waals surface area contributed by atoms with Crippen LogP contribution in [0.5, 0.6) is 0 Å². The first-order valence-electron chi connectivity index (χ1n) is 9.48. The molecule has 0 radical (unpaired) electrons. The van der Waals surface area contributed by atoms with E-state index in [-0.39, 0.29) is 36.2 Å². The standard InChI is InChI=1S/C19H22F3N5O.2ClH/c20-19(21,22)12-4-5-16(27-8-2-1-3-9-27)15(10-12)24-18(28)17-13-11-23-7-6-14(13)25-26-17;;/h4-5,10,23H,1-3,6-9,11H2,(H,24,28)(H,25,26);2*1H. The smallest absolute Gasteiger partial charge is 0.370 e. The first kappa shape index (κ1) is 24.3. The van der Waals surface area contributed by atoms with Crippen molar-refractivity contribution in [1.82, 2.24) is 15.5 Å². The zero-order valence-electron chi connectivity index (χ0n) is 16.1. The van der Waals surface area contributed by atoms with E-state index in [1.165, 1.54) is 6.07 Å². The molecule has 166 valence electrons. The summed E-state index contributed by atoms with van der Waals surface area (Å²) in [7, 11) is 0. The molecule has 6 nitrogen and oxygen atoms in total. The summed E-state index contributed by atoms with van der Waals surface area (Å²) in [5.41, 5.74) is 1.89. The second-order valence-electron chi connectivity index (χ2n) is 7.19. The Morgan fingerprint density at radius 2 is 1.87 bits per heavy atom. The molecule has 1 amide bonds. The number of amides is 1. The van der Waals surface area contributed by atoms with Gasteiger partial charge < -0.3 is 15.5 Å². The molecule has 0 unspecified atom stereocenters. The lowest BCUT2D eigenvalue weighted by Crippen LogP contribution is -2.31. The zero-order chi connectivity index (χ0) is 19.7. The molecule has 2 aliphatic heterocycles. The van der Waals surface area contributed by atoms with E-state index < -0.39 is 17.6 Å². The molecule has 0 bridgehead atoms. The van der Waals surface area contributed by atoms with Gasteiger partial charge in [-0.3, -0.25) is 9.89 Å². The minimum atomic E-state index is -4.48. The molecule has 11 heteroatoms. The maximum Gasteiger partial charge on any atom is 0.416 e. The van der Waals surface area contributed by atoms with Crippen LogP contribution in [0.1, 0.15) is 46.6 Å². The number of alkyl halides is 3. The van der Waals surface area contributed by atoms with Gasteiger partial charge in [-0.2, -0.15) is 18.3 Å². The third-order valence-electron chi connectivity index (χ3n) is 5.29. The van der Waals surface area contributed by atoms with Crippen molar-refractivity contribution in [2.75, 3.05) is 29.9 Å². The quantitative estimate of drug-likeness (QED) is 0.636. The van der Waals surface area contributed by atoms with Crippen molar-refractivity contribution in [2.24, 2.45) is 0 Å². The van der Waals surface area contributed by atoms with E-state index in [2.05, 4.69) is 20.8 Å². The molecular formula is C19H24Cl2F3N5O. The van der Waals surface area contributed by atoms with Crippen LogP contribution < -0.4 is 15.5 Å². The van der Waals surface area contributed by atoms with E-state index in [0.717, 1.165) is 68.7 Å². The Bertz CT molecular complexity index is 882. The SMILES string of the molecule is Cl.Cl.O=C(Nc1cc(C(F)(F)F)ccc1N1CCCCC1)c1n[nH]c2c1CNCC2. The van der Waals surface area contributed by atoms with Crippen molar-refractivity contribution in [2.45, 2.75) is 38.4 Å². The predicted molar refractivity (Wildman–Crippen MR) is 114 cm³/mol. The molecule has 3 N–H and O–H groups in total. The first-order chi connectivity index (χ1) is 13.4. The van der Waals surface area contributed by atoms with Crippen LogP contribution in [0.4, 0.5) is 24.5 Å². The number of rotatable bonds is 3. The fourth-order valence-corrected chi connectivity index (χ4v) is 3.82. The van der Waals surface area contributed by atoms with Crippen LogP contribution in [0, 0.1) is 0 Å². The van der Waals surface area contributed by atoms with Gasteiger partial charge in [0.1, 0.15) is 0 Å². The lowest BCUT2D eigenvalue weighted by molar-refractivity contribution is -0.137. The van der Waals surface area contributed by atoms with Gasteiger partial charge in [0.2, 0.25) is 0 Å². The Morgan fingerprint density at radius 3 is 2.57 bits per heavy atom. The molecule has 2 aromatic rings.